The molecule has 2 amide bonds. The number of likely N-dealkylation sites (tertiary alicyclic amines) is 1. The lowest BCUT2D eigenvalue weighted by atomic mass is 9.96. The molecule has 0 bridgehead atoms. The number of rotatable bonds is 6. The van der Waals surface area contributed by atoms with E-state index in [2.05, 4.69) is 4.98 Å². The zero-order chi connectivity index (χ0) is 20.3. The summed E-state index contributed by atoms with van der Waals surface area (Å²) in [4.78, 5) is 29.8. The van der Waals surface area contributed by atoms with Crippen LogP contribution in [0.5, 0.6) is 0 Å². The number of primary amides is 1. The van der Waals surface area contributed by atoms with Crippen LogP contribution in [-0.4, -0.2) is 44.7 Å². The third-order valence-corrected chi connectivity index (χ3v) is 6.26. The highest BCUT2D eigenvalue weighted by atomic mass is 32.2. The van der Waals surface area contributed by atoms with E-state index in [1.807, 2.05) is 31.2 Å². The molecule has 0 aliphatic carbocycles. The van der Waals surface area contributed by atoms with Crippen LogP contribution in [0.25, 0.3) is 11.5 Å². The van der Waals surface area contributed by atoms with Crippen molar-refractivity contribution in [1.29, 1.82) is 0 Å². The lowest BCUT2D eigenvalue weighted by molar-refractivity contribution is -0.132. The van der Waals surface area contributed by atoms with Crippen LogP contribution >= 0.6 is 0 Å². The zero-order valence-electron chi connectivity index (χ0n) is 16.1. The number of aromatic nitrogens is 1. The number of benzene rings is 1. The fraction of sp³-hybridized carbons (Fsp3) is 0.450. The lowest BCUT2D eigenvalue weighted by Crippen LogP contribution is -2.43. The van der Waals surface area contributed by atoms with E-state index in [1.54, 1.807) is 11.8 Å². The van der Waals surface area contributed by atoms with E-state index < -0.39 is 10.8 Å². The molecule has 2 N–H and O–H groups in total. The van der Waals surface area contributed by atoms with Gasteiger partial charge in [-0.1, -0.05) is 18.2 Å². The van der Waals surface area contributed by atoms with Crippen molar-refractivity contribution in [2.24, 2.45) is 11.7 Å². The van der Waals surface area contributed by atoms with Gasteiger partial charge in [0, 0.05) is 35.4 Å². The Hall–Kier alpha value is -2.48. The van der Waals surface area contributed by atoms with Crippen LogP contribution in [0.4, 0.5) is 0 Å². The van der Waals surface area contributed by atoms with E-state index in [0.29, 0.717) is 43.3 Å². The Labute approximate surface area is 166 Å². The first kappa shape index (κ1) is 20.3. The molecule has 1 unspecified atom stereocenters. The molecule has 7 nitrogen and oxygen atoms in total. The van der Waals surface area contributed by atoms with Crippen LogP contribution < -0.4 is 5.73 Å². The van der Waals surface area contributed by atoms with Gasteiger partial charge in [-0.15, -0.1) is 0 Å². The van der Waals surface area contributed by atoms with Crippen molar-refractivity contribution in [3.8, 4) is 11.5 Å². The molecule has 1 aromatic heterocycles. The number of nitrogens with two attached hydrogens (primary N) is 1. The summed E-state index contributed by atoms with van der Waals surface area (Å²) in [5.41, 5.74) is 7.87. The van der Waals surface area contributed by atoms with Gasteiger partial charge in [0.05, 0.1) is 11.4 Å². The normalized spacial score (nSPS) is 16.1. The smallest absolute Gasteiger partial charge is 0.235 e. The first-order valence-electron chi connectivity index (χ1n) is 9.29. The van der Waals surface area contributed by atoms with E-state index in [1.165, 1.54) is 0 Å². The van der Waals surface area contributed by atoms with Crippen LogP contribution in [0.1, 0.15) is 29.9 Å². The summed E-state index contributed by atoms with van der Waals surface area (Å²) < 4.78 is 18.3. The molecule has 150 valence electrons. The third kappa shape index (κ3) is 4.67. The van der Waals surface area contributed by atoms with E-state index in [9.17, 15) is 13.8 Å². The molecular formula is C20H25N3O4S. The quantitative estimate of drug-likeness (QED) is 0.793. The van der Waals surface area contributed by atoms with Crippen LogP contribution in [0.2, 0.25) is 0 Å². The molecule has 8 heteroatoms. The van der Waals surface area contributed by atoms with Crippen molar-refractivity contribution in [2.45, 2.75) is 32.4 Å². The van der Waals surface area contributed by atoms with Crippen molar-refractivity contribution in [2.75, 3.05) is 18.8 Å². The summed E-state index contributed by atoms with van der Waals surface area (Å²) >= 11 is 0. The van der Waals surface area contributed by atoms with Gasteiger partial charge >= 0.3 is 0 Å². The number of carbonyl (C=O) groups is 2. The highest BCUT2D eigenvalue weighted by Gasteiger charge is 2.27. The Morgan fingerprint density at radius 1 is 1.25 bits per heavy atom. The molecule has 3 rings (SSSR count). The van der Waals surface area contributed by atoms with Crippen LogP contribution in [0.15, 0.2) is 28.7 Å². The zero-order valence-corrected chi connectivity index (χ0v) is 17.0. The molecule has 1 saturated heterocycles. The number of nitrogens with zero attached hydrogens (tertiary/aromatic N) is 2. The molecule has 1 fully saturated rings. The second kappa shape index (κ2) is 8.68. The number of piperidine rings is 1. The average molecular weight is 404 g/mol. The minimum atomic E-state index is -1.38. The highest BCUT2D eigenvalue weighted by molar-refractivity contribution is 7.84. The average Bonchev–Trinajstić information content (AvgIpc) is 3.02. The molecule has 1 atom stereocenters. The second-order valence-electron chi connectivity index (χ2n) is 7.12. The first-order valence-corrected chi connectivity index (χ1v) is 10.8. The predicted octanol–water partition coefficient (Wildman–Crippen LogP) is 1.93. The summed E-state index contributed by atoms with van der Waals surface area (Å²) in [6, 6.07) is 7.77. The van der Waals surface area contributed by atoms with Gasteiger partial charge in [0.2, 0.25) is 17.7 Å². The van der Waals surface area contributed by atoms with Gasteiger partial charge in [0.1, 0.15) is 11.5 Å². The molecule has 2 aromatic rings. The molecule has 0 radical (unpaired) electrons. The number of amides is 2. The molecular weight excluding hydrogens is 378 g/mol. The number of hydrogen-bond acceptors (Lipinski definition) is 5. The second-order valence-corrected chi connectivity index (χ2v) is 8.58. The predicted molar refractivity (Wildman–Crippen MR) is 107 cm³/mol. The van der Waals surface area contributed by atoms with Gasteiger partial charge in [-0.2, -0.15) is 0 Å². The molecule has 1 aromatic carbocycles. The molecule has 2 heterocycles. The Morgan fingerprint density at radius 2 is 1.93 bits per heavy atom. The van der Waals surface area contributed by atoms with Gasteiger partial charge in [0.25, 0.3) is 0 Å². The molecule has 0 spiro atoms. The van der Waals surface area contributed by atoms with Crippen LogP contribution in [0, 0.1) is 19.8 Å². The summed E-state index contributed by atoms with van der Waals surface area (Å²) in [6.07, 6.45) is 1.13. The van der Waals surface area contributed by atoms with Crippen molar-refractivity contribution in [3.63, 3.8) is 0 Å². The number of aryl methyl sites for hydroxylation is 2. The summed E-state index contributed by atoms with van der Waals surface area (Å²) in [6.45, 7) is 4.72. The minimum absolute atomic E-state index is 0.0623. The van der Waals surface area contributed by atoms with Crippen molar-refractivity contribution in [1.82, 2.24) is 9.88 Å². The Balaban J connectivity index is 1.59. The number of carbonyl (C=O) groups excluding carboxylic acids is 2. The topological polar surface area (TPSA) is 107 Å². The van der Waals surface area contributed by atoms with Gasteiger partial charge in [-0.3, -0.25) is 13.8 Å². The maximum Gasteiger partial charge on any atom is 0.235 e. The Bertz CT molecular complexity index is 901. The summed E-state index contributed by atoms with van der Waals surface area (Å²) in [5.74, 6) is 0.567. The Morgan fingerprint density at radius 3 is 2.57 bits per heavy atom. The van der Waals surface area contributed by atoms with Gasteiger partial charge in [-0.05, 0) is 38.3 Å². The summed E-state index contributed by atoms with van der Waals surface area (Å²) in [7, 11) is -1.38. The standard InChI is InChI=1S/C20H25N3O4S/c1-13-5-3-4-6-16(13)20-22-17(14(2)27-20)11-28(26)12-18(24)23-9-7-15(8-10-23)19(21)25/h3-6,15H,7-12H2,1-2H3,(H2,21,25). The molecule has 1 aliphatic rings. The molecule has 1 aliphatic heterocycles. The lowest BCUT2D eigenvalue weighted by Gasteiger charge is -2.30. The fourth-order valence-electron chi connectivity index (χ4n) is 3.34. The van der Waals surface area contributed by atoms with Crippen molar-refractivity contribution in [3.05, 3.63) is 41.3 Å². The third-order valence-electron chi connectivity index (χ3n) is 5.10. The van der Waals surface area contributed by atoms with E-state index >= 15 is 0 Å². The molecule has 28 heavy (non-hydrogen) atoms. The Kier molecular flexibility index (Phi) is 6.28. The molecule has 0 saturated carbocycles. The first-order chi connectivity index (χ1) is 13.3. The monoisotopic (exact) mass is 403 g/mol. The maximum atomic E-state index is 12.5. The number of hydrogen-bond donors (Lipinski definition) is 1. The minimum Gasteiger partial charge on any atom is -0.441 e. The van der Waals surface area contributed by atoms with Crippen molar-refractivity contribution >= 4 is 22.6 Å². The van der Waals surface area contributed by atoms with E-state index in [0.717, 1.165) is 11.1 Å². The summed E-state index contributed by atoms with van der Waals surface area (Å²) in [5, 5.41) is 0. The van der Waals surface area contributed by atoms with Crippen LogP contribution in [-0.2, 0) is 26.1 Å². The SMILES string of the molecule is Cc1ccccc1-c1nc(CS(=O)CC(=O)N2CCC(C(N)=O)CC2)c(C)o1. The maximum absolute atomic E-state index is 12.5. The van der Waals surface area contributed by atoms with Crippen molar-refractivity contribution < 1.29 is 18.2 Å². The van der Waals surface area contributed by atoms with E-state index in [4.69, 9.17) is 10.2 Å². The van der Waals surface area contributed by atoms with Crippen LogP contribution in [0.3, 0.4) is 0 Å². The van der Waals surface area contributed by atoms with Gasteiger partial charge in [-0.25, -0.2) is 4.98 Å². The largest absolute Gasteiger partial charge is 0.441 e. The fourth-order valence-corrected chi connectivity index (χ4v) is 4.47. The van der Waals surface area contributed by atoms with Gasteiger partial charge < -0.3 is 15.1 Å². The highest BCUT2D eigenvalue weighted by Crippen LogP contribution is 2.25. The van der Waals surface area contributed by atoms with Gasteiger partial charge in [0.15, 0.2) is 0 Å². The van der Waals surface area contributed by atoms with E-state index in [-0.39, 0.29) is 29.2 Å². The number of oxazole rings is 1.